The highest BCUT2D eigenvalue weighted by Crippen LogP contribution is 2.25. The molecule has 112 valence electrons. The van der Waals surface area contributed by atoms with Crippen LogP contribution >= 0.6 is 0 Å². The summed E-state index contributed by atoms with van der Waals surface area (Å²) in [6, 6.07) is 19.8. The van der Waals surface area contributed by atoms with Gasteiger partial charge in [0.25, 0.3) is 0 Å². The molecule has 23 heavy (non-hydrogen) atoms. The molecule has 0 radical (unpaired) electrons. The van der Waals surface area contributed by atoms with Gasteiger partial charge in [-0.2, -0.15) is 4.57 Å². The average Bonchev–Trinajstić information content (AvgIpc) is 2.98. The maximum Gasteiger partial charge on any atom is 0.227 e. The highest BCUT2D eigenvalue weighted by molar-refractivity contribution is 6.07. The van der Waals surface area contributed by atoms with Gasteiger partial charge in [-0.25, -0.2) is 0 Å². The smallest absolute Gasteiger partial charge is 0.227 e. The largest absolute Gasteiger partial charge is 0.349 e. The molecule has 0 aliphatic carbocycles. The van der Waals surface area contributed by atoms with E-state index in [0.29, 0.717) is 6.54 Å². The molecule has 2 aromatic carbocycles. The highest BCUT2D eigenvalue weighted by atomic mass is 16.1. The summed E-state index contributed by atoms with van der Waals surface area (Å²) in [6.07, 6.45) is 2.00. The average molecular weight is 301 g/mol. The fourth-order valence-corrected chi connectivity index (χ4v) is 3.08. The van der Waals surface area contributed by atoms with Gasteiger partial charge in [-0.1, -0.05) is 48.5 Å². The number of rotatable bonds is 3. The Morgan fingerprint density at radius 2 is 1.70 bits per heavy atom. The minimum Gasteiger partial charge on any atom is -0.349 e. The zero-order valence-electron chi connectivity index (χ0n) is 12.9. The highest BCUT2D eigenvalue weighted by Gasteiger charge is 2.18. The number of carbonyl (C=O) groups excluding carboxylic acids is 1. The molecule has 0 aliphatic rings. The predicted octanol–water partition coefficient (Wildman–Crippen LogP) is 3.80. The summed E-state index contributed by atoms with van der Waals surface area (Å²) in [5.74, 6) is 0.120. The lowest BCUT2D eigenvalue weighted by atomic mass is 10.1. The van der Waals surface area contributed by atoms with Gasteiger partial charge < -0.3 is 4.98 Å². The number of pyridine rings is 1. The van der Waals surface area contributed by atoms with Gasteiger partial charge in [0.15, 0.2) is 6.20 Å². The predicted molar refractivity (Wildman–Crippen MR) is 91.5 cm³/mol. The molecule has 0 spiro atoms. The number of hydrogen-bond acceptors (Lipinski definition) is 1. The van der Waals surface area contributed by atoms with Crippen LogP contribution in [0.4, 0.5) is 0 Å². The summed E-state index contributed by atoms with van der Waals surface area (Å²) in [7, 11) is 0. The molecule has 1 N–H and O–H groups in total. The number of benzene rings is 2. The Kier molecular flexibility index (Phi) is 3.19. The number of nitrogens with one attached hydrogen (secondary N) is 1. The fourth-order valence-electron chi connectivity index (χ4n) is 3.08. The third-order valence-electron chi connectivity index (χ3n) is 4.37. The van der Waals surface area contributed by atoms with Crippen molar-refractivity contribution in [2.45, 2.75) is 13.5 Å². The van der Waals surface area contributed by atoms with E-state index < -0.39 is 0 Å². The van der Waals surface area contributed by atoms with Crippen LogP contribution < -0.4 is 4.57 Å². The second kappa shape index (κ2) is 5.36. The summed E-state index contributed by atoms with van der Waals surface area (Å²) in [4.78, 5) is 15.9. The number of carbonyl (C=O) groups is 1. The molecule has 0 fully saturated rings. The second-order valence-electron chi connectivity index (χ2n) is 5.78. The summed E-state index contributed by atoms with van der Waals surface area (Å²) < 4.78 is 2.01. The number of hydrogen-bond donors (Lipinski definition) is 1. The molecule has 2 heterocycles. The molecule has 0 saturated heterocycles. The van der Waals surface area contributed by atoms with E-state index in [-0.39, 0.29) is 5.78 Å². The van der Waals surface area contributed by atoms with E-state index in [2.05, 4.69) is 30.1 Å². The molecular weight excluding hydrogens is 284 g/mol. The van der Waals surface area contributed by atoms with Crippen molar-refractivity contribution in [2.75, 3.05) is 0 Å². The Hall–Kier alpha value is -2.94. The lowest BCUT2D eigenvalue weighted by Crippen LogP contribution is -2.40. The van der Waals surface area contributed by atoms with E-state index in [9.17, 15) is 4.79 Å². The SMILES string of the molecule is Cc1c2[nH]c3ccccc3c2cc[n+]1CC(=O)c1ccccc1. The van der Waals surface area contributed by atoms with Crippen LogP contribution in [0.25, 0.3) is 21.8 Å². The van der Waals surface area contributed by atoms with E-state index in [4.69, 9.17) is 0 Å². The van der Waals surface area contributed by atoms with Crippen molar-refractivity contribution in [1.29, 1.82) is 0 Å². The van der Waals surface area contributed by atoms with Crippen LogP contribution in [0.1, 0.15) is 16.1 Å². The van der Waals surface area contributed by atoms with Gasteiger partial charge >= 0.3 is 0 Å². The molecule has 0 aliphatic heterocycles. The van der Waals surface area contributed by atoms with Crippen LogP contribution in [0.5, 0.6) is 0 Å². The van der Waals surface area contributed by atoms with Gasteiger partial charge in [0, 0.05) is 34.8 Å². The van der Waals surface area contributed by atoms with Gasteiger partial charge in [-0.3, -0.25) is 4.79 Å². The molecule has 0 bridgehead atoms. The fraction of sp³-hybridized carbons (Fsp3) is 0.100. The monoisotopic (exact) mass is 301 g/mol. The van der Waals surface area contributed by atoms with Crippen LogP contribution in [0.2, 0.25) is 0 Å². The van der Waals surface area contributed by atoms with Crippen molar-refractivity contribution < 1.29 is 9.36 Å². The second-order valence-corrected chi connectivity index (χ2v) is 5.78. The van der Waals surface area contributed by atoms with Crippen molar-refractivity contribution in [1.82, 2.24) is 4.98 Å². The first-order chi connectivity index (χ1) is 11.2. The summed E-state index contributed by atoms with van der Waals surface area (Å²) in [6.45, 7) is 2.40. The molecule has 0 saturated carbocycles. The van der Waals surface area contributed by atoms with Gasteiger partial charge in [-0.15, -0.1) is 0 Å². The molecule has 0 amide bonds. The number of Topliss-reactive ketones (excluding diaryl/α,β-unsaturated/α-hetero) is 1. The molecule has 2 aromatic heterocycles. The van der Waals surface area contributed by atoms with Gasteiger partial charge in [-0.05, 0) is 6.07 Å². The van der Waals surface area contributed by atoms with Gasteiger partial charge in [0.2, 0.25) is 18.0 Å². The zero-order valence-corrected chi connectivity index (χ0v) is 12.9. The van der Waals surface area contributed by atoms with Gasteiger partial charge in [0.05, 0.1) is 0 Å². The van der Waals surface area contributed by atoms with Crippen LogP contribution in [0.3, 0.4) is 0 Å². The first kappa shape index (κ1) is 13.7. The summed E-state index contributed by atoms with van der Waals surface area (Å²) in [5.41, 5.74) is 4.03. The molecule has 3 heteroatoms. The Labute approximate surface area is 134 Å². The third-order valence-corrected chi connectivity index (χ3v) is 4.37. The van der Waals surface area contributed by atoms with E-state index in [0.717, 1.165) is 22.3 Å². The Bertz CT molecular complexity index is 1020. The standard InChI is InChI=1S/C20H16N2O/c1-14-20-17(16-9-5-6-10-18(16)21-20)11-12-22(14)13-19(23)15-7-3-2-4-8-15/h2-12H,13H2,1H3/p+1. The molecule has 0 atom stereocenters. The Morgan fingerprint density at radius 1 is 0.957 bits per heavy atom. The molecule has 4 aromatic rings. The minimum atomic E-state index is 0.120. The summed E-state index contributed by atoms with van der Waals surface area (Å²) >= 11 is 0. The number of aromatic amines is 1. The first-order valence-electron chi connectivity index (χ1n) is 7.72. The molecule has 4 rings (SSSR count). The maximum absolute atomic E-state index is 12.4. The van der Waals surface area contributed by atoms with Crippen molar-refractivity contribution in [3.8, 4) is 0 Å². The van der Waals surface area contributed by atoms with Crippen molar-refractivity contribution in [3.63, 3.8) is 0 Å². The summed E-state index contributed by atoms with van der Waals surface area (Å²) in [5, 5.41) is 2.41. The van der Waals surface area contributed by atoms with Crippen molar-refractivity contribution in [3.05, 3.63) is 78.1 Å². The number of aryl methyl sites for hydroxylation is 1. The zero-order chi connectivity index (χ0) is 15.8. The van der Waals surface area contributed by atoms with Crippen LogP contribution in [-0.2, 0) is 6.54 Å². The maximum atomic E-state index is 12.4. The van der Waals surface area contributed by atoms with E-state index >= 15 is 0 Å². The number of H-pyrrole nitrogens is 1. The lowest BCUT2D eigenvalue weighted by molar-refractivity contribution is -0.687. The van der Waals surface area contributed by atoms with E-state index in [1.165, 1.54) is 10.8 Å². The topological polar surface area (TPSA) is 36.7 Å². The van der Waals surface area contributed by atoms with Crippen molar-refractivity contribution in [2.24, 2.45) is 0 Å². The number of fused-ring (bicyclic) bond motifs is 3. The Morgan fingerprint density at radius 3 is 2.52 bits per heavy atom. The van der Waals surface area contributed by atoms with Crippen LogP contribution in [0, 0.1) is 6.92 Å². The quantitative estimate of drug-likeness (QED) is 0.453. The number of para-hydroxylation sites is 1. The van der Waals surface area contributed by atoms with Crippen molar-refractivity contribution >= 4 is 27.6 Å². The number of nitrogens with zero attached hydrogens (tertiary/aromatic N) is 1. The Balaban J connectivity index is 1.78. The van der Waals surface area contributed by atoms with Gasteiger partial charge in [0.1, 0.15) is 5.52 Å². The minimum absolute atomic E-state index is 0.120. The van der Waals surface area contributed by atoms with E-state index in [1.54, 1.807) is 0 Å². The molecule has 3 nitrogen and oxygen atoms in total. The van der Waals surface area contributed by atoms with Crippen LogP contribution in [0.15, 0.2) is 66.9 Å². The first-order valence-corrected chi connectivity index (χ1v) is 7.72. The molecular formula is C20H17N2O+. The molecule has 0 unspecified atom stereocenters. The number of aromatic nitrogens is 2. The normalized spacial score (nSPS) is 11.2. The van der Waals surface area contributed by atoms with E-state index in [1.807, 2.05) is 53.2 Å². The third kappa shape index (κ3) is 2.30. The van der Waals surface area contributed by atoms with Crippen LogP contribution in [-0.4, -0.2) is 10.8 Å². The number of ketones is 1. The lowest BCUT2D eigenvalue weighted by Gasteiger charge is -2.02.